The Balaban J connectivity index is 1.57. The topological polar surface area (TPSA) is 92.4 Å². The fraction of sp³-hybridized carbons (Fsp3) is 0.296. The standard InChI is InChI=1S/C27H27ClF4N4O3/c1-2-3-4-5-6-12-34-25(37)24-16-19(11-13-33-24)39-18-8-10-23(22(29)15-18)36-26(38)35-17-7-9-21(28)20(14-17)27(30,31)32/h7-11,13-16H,2-6,12H2,1H3,(H,34,37)(H2,35,36,38). The number of halogens is 5. The van der Waals surface area contributed by atoms with Crippen LogP contribution in [-0.2, 0) is 6.18 Å². The van der Waals surface area contributed by atoms with Gasteiger partial charge in [0.25, 0.3) is 5.91 Å². The maximum Gasteiger partial charge on any atom is 0.417 e. The van der Waals surface area contributed by atoms with E-state index in [0.29, 0.717) is 12.6 Å². The molecule has 0 aliphatic heterocycles. The Morgan fingerprint density at radius 1 is 0.949 bits per heavy atom. The molecule has 208 valence electrons. The van der Waals surface area contributed by atoms with E-state index in [1.807, 2.05) is 0 Å². The van der Waals surface area contributed by atoms with E-state index in [1.54, 1.807) is 0 Å². The van der Waals surface area contributed by atoms with Crippen molar-refractivity contribution in [1.29, 1.82) is 0 Å². The lowest BCUT2D eigenvalue weighted by atomic mass is 10.1. The summed E-state index contributed by atoms with van der Waals surface area (Å²) in [5.41, 5.74) is -1.39. The van der Waals surface area contributed by atoms with Crippen molar-refractivity contribution >= 4 is 34.9 Å². The fourth-order valence-corrected chi connectivity index (χ4v) is 3.75. The van der Waals surface area contributed by atoms with Crippen LogP contribution in [0.1, 0.15) is 55.1 Å². The molecule has 7 nitrogen and oxygen atoms in total. The number of carbonyl (C=O) groups excluding carboxylic acids is 2. The van der Waals surface area contributed by atoms with E-state index in [-0.39, 0.29) is 34.5 Å². The molecule has 0 bridgehead atoms. The Morgan fingerprint density at radius 2 is 1.69 bits per heavy atom. The van der Waals surface area contributed by atoms with E-state index in [0.717, 1.165) is 44.2 Å². The number of unbranched alkanes of at least 4 members (excludes halogenated alkanes) is 4. The number of pyridine rings is 1. The van der Waals surface area contributed by atoms with E-state index >= 15 is 0 Å². The van der Waals surface area contributed by atoms with Crippen LogP contribution in [0.2, 0.25) is 5.02 Å². The number of aromatic nitrogens is 1. The molecule has 3 aromatic rings. The number of rotatable bonds is 11. The molecule has 3 rings (SSSR count). The van der Waals surface area contributed by atoms with Crippen molar-refractivity contribution in [3.63, 3.8) is 0 Å². The second-order valence-electron chi connectivity index (χ2n) is 8.56. The van der Waals surface area contributed by atoms with Gasteiger partial charge >= 0.3 is 12.2 Å². The first kappa shape index (κ1) is 29.7. The molecule has 0 fully saturated rings. The minimum absolute atomic E-state index is 0.0828. The van der Waals surface area contributed by atoms with Crippen LogP contribution in [-0.4, -0.2) is 23.5 Å². The molecule has 3 N–H and O–H groups in total. The van der Waals surface area contributed by atoms with Gasteiger partial charge in [-0.25, -0.2) is 9.18 Å². The van der Waals surface area contributed by atoms with Crippen LogP contribution in [0.3, 0.4) is 0 Å². The number of nitrogens with one attached hydrogen (secondary N) is 3. The quantitative estimate of drug-likeness (QED) is 0.162. The zero-order chi connectivity index (χ0) is 28.4. The average molecular weight is 567 g/mol. The van der Waals surface area contributed by atoms with E-state index < -0.39 is 28.6 Å². The third kappa shape index (κ3) is 9.13. The molecule has 0 aliphatic rings. The number of amides is 3. The van der Waals surface area contributed by atoms with Gasteiger partial charge in [0.15, 0.2) is 0 Å². The fourth-order valence-electron chi connectivity index (χ4n) is 3.52. The number of ether oxygens (including phenoxy) is 1. The third-order valence-corrected chi connectivity index (χ3v) is 5.81. The summed E-state index contributed by atoms with van der Waals surface area (Å²) in [4.78, 5) is 28.6. The molecule has 0 aliphatic carbocycles. The maximum atomic E-state index is 14.6. The molecule has 0 saturated heterocycles. The number of carbonyl (C=O) groups is 2. The molecule has 1 aromatic heterocycles. The van der Waals surface area contributed by atoms with E-state index in [9.17, 15) is 27.2 Å². The van der Waals surface area contributed by atoms with Crippen molar-refractivity contribution in [2.45, 2.75) is 45.2 Å². The number of hydrogen-bond donors (Lipinski definition) is 3. The number of benzene rings is 2. The van der Waals surface area contributed by atoms with Crippen molar-refractivity contribution in [1.82, 2.24) is 10.3 Å². The van der Waals surface area contributed by atoms with Crippen molar-refractivity contribution < 1.29 is 31.9 Å². The summed E-state index contributed by atoms with van der Waals surface area (Å²) in [5, 5.41) is 6.72. The lowest BCUT2D eigenvalue weighted by molar-refractivity contribution is -0.137. The summed E-state index contributed by atoms with van der Waals surface area (Å²) >= 11 is 5.57. The summed E-state index contributed by atoms with van der Waals surface area (Å²) in [5.74, 6) is -0.876. The van der Waals surface area contributed by atoms with Gasteiger partial charge in [-0.3, -0.25) is 9.78 Å². The summed E-state index contributed by atoms with van der Waals surface area (Å²) in [6.07, 6.45) is 2.01. The minimum Gasteiger partial charge on any atom is -0.457 e. The smallest absolute Gasteiger partial charge is 0.417 e. The first-order valence-electron chi connectivity index (χ1n) is 12.2. The summed E-state index contributed by atoms with van der Waals surface area (Å²) < 4.78 is 59.3. The van der Waals surface area contributed by atoms with Gasteiger partial charge in [-0.05, 0) is 42.8 Å². The predicted octanol–water partition coefficient (Wildman–Crippen LogP) is 8.03. The number of alkyl halides is 3. The molecule has 2 aromatic carbocycles. The normalized spacial score (nSPS) is 11.1. The number of anilines is 2. The monoisotopic (exact) mass is 566 g/mol. The highest BCUT2D eigenvalue weighted by Gasteiger charge is 2.33. The van der Waals surface area contributed by atoms with Gasteiger partial charge in [-0.2, -0.15) is 13.2 Å². The van der Waals surface area contributed by atoms with Gasteiger partial charge in [-0.15, -0.1) is 0 Å². The number of nitrogens with zero attached hydrogens (tertiary/aromatic N) is 1. The third-order valence-electron chi connectivity index (χ3n) is 5.48. The number of urea groups is 1. The predicted molar refractivity (Wildman–Crippen MR) is 141 cm³/mol. The second-order valence-corrected chi connectivity index (χ2v) is 8.97. The molecule has 39 heavy (non-hydrogen) atoms. The van der Waals surface area contributed by atoms with Gasteiger partial charge < -0.3 is 20.7 Å². The van der Waals surface area contributed by atoms with Crippen molar-refractivity contribution in [2.24, 2.45) is 0 Å². The van der Waals surface area contributed by atoms with Gasteiger partial charge in [0.05, 0.1) is 16.3 Å². The van der Waals surface area contributed by atoms with Crippen LogP contribution in [0.25, 0.3) is 0 Å². The van der Waals surface area contributed by atoms with Gasteiger partial charge in [0.2, 0.25) is 0 Å². The lowest BCUT2D eigenvalue weighted by Crippen LogP contribution is -2.25. The minimum atomic E-state index is -4.71. The molecule has 0 saturated carbocycles. The van der Waals surface area contributed by atoms with Crippen molar-refractivity contribution in [3.8, 4) is 11.5 Å². The molecule has 0 spiro atoms. The van der Waals surface area contributed by atoms with E-state index in [2.05, 4.69) is 27.9 Å². The van der Waals surface area contributed by atoms with Crippen LogP contribution in [0, 0.1) is 5.82 Å². The molecule has 0 radical (unpaired) electrons. The Morgan fingerprint density at radius 3 is 2.41 bits per heavy atom. The number of hydrogen-bond acceptors (Lipinski definition) is 4. The van der Waals surface area contributed by atoms with Crippen LogP contribution < -0.4 is 20.7 Å². The summed E-state index contributed by atoms with van der Waals surface area (Å²) in [6.45, 7) is 2.66. The molecule has 12 heteroatoms. The molecule has 1 heterocycles. The van der Waals surface area contributed by atoms with E-state index in [4.69, 9.17) is 16.3 Å². The van der Waals surface area contributed by atoms with Crippen molar-refractivity contribution in [2.75, 3.05) is 17.2 Å². The SMILES string of the molecule is CCCCCCCNC(=O)c1cc(Oc2ccc(NC(=O)Nc3ccc(Cl)c(C(F)(F)F)c3)c(F)c2)ccn1. The molecular formula is C27H27ClF4N4O3. The zero-order valence-corrected chi connectivity index (χ0v) is 21.8. The first-order valence-corrected chi connectivity index (χ1v) is 12.6. The highest BCUT2D eigenvalue weighted by molar-refractivity contribution is 6.31. The van der Waals surface area contributed by atoms with Crippen LogP contribution >= 0.6 is 11.6 Å². The first-order chi connectivity index (χ1) is 18.6. The molecule has 0 unspecified atom stereocenters. The average Bonchev–Trinajstić information content (AvgIpc) is 2.88. The lowest BCUT2D eigenvalue weighted by Gasteiger charge is -2.13. The maximum absolute atomic E-state index is 14.6. The Hall–Kier alpha value is -3.86. The largest absolute Gasteiger partial charge is 0.457 e. The highest BCUT2D eigenvalue weighted by atomic mass is 35.5. The van der Waals surface area contributed by atoms with E-state index in [1.165, 1.54) is 36.5 Å². The van der Waals surface area contributed by atoms with Gasteiger partial charge in [0.1, 0.15) is 23.0 Å². The van der Waals surface area contributed by atoms with Crippen LogP contribution in [0.4, 0.5) is 33.7 Å². The van der Waals surface area contributed by atoms with Crippen LogP contribution in [0.15, 0.2) is 54.7 Å². The Labute approximate surface area is 227 Å². The molecule has 0 atom stereocenters. The Bertz CT molecular complexity index is 1300. The zero-order valence-electron chi connectivity index (χ0n) is 21.0. The second kappa shape index (κ2) is 13.8. The molecule has 3 amide bonds. The summed E-state index contributed by atoms with van der Waals surface area (Å²) in [7, 11) is 0. The van der Waals surface area contributed by atoms with Gasteiger partial charge in [0, 0.05) is 30.6 Å². The van der Waals surface area contributed by atoms with Crippen LogP contribution in [0.5, 0.6) is 11.5 Å². The summed E-state index contributed by atoms with van der Waals surface area (Å²) in [6, 6.07) is 8.41. The Kier molecular flexibility index (Phi) is 10.5. The molecular weight excluding hydrogens is 540 g/mol. The highest BCUT2D eigenvalue weighted by Crippen LogP contribution is 2.36. The van der Waals surface area contributed by atoms with Gasteiger partial charge in [-0.1, -0.05) is 44.2 Å². The van der Waals surface area contributed by atoms with Crippen molar-refractivity contribution in [3.05, 3.63) is 76.8 Å².